The molecule has 0 spiro atoms. The van der Waals surface area contributed by atoms with Crippen molar-refractivity contribution >= 4 is 11.5 Å². The molecule has 17 heavy (non-hydrogen) atoms. The maximum Gasteiger partial charge on any atom is 0.127 e. The Labute approximate surface area is 103 Å². The number of likely N-dealkylation sites (tertiary alicyclic amines) is 1. The van der Waals surface area contributed by atoms with Crippen molar-refractivity contribution in [2.24, 2.45) is 0 Å². The standard InChI is InChI=1S/C13H22N4/c1-3-14-13-9-11(6-7-15-13)16-12-5-4-8-17(2)10-12/h6-7,9,12H,3-5,8,10H2,1-2H3,(H2,14,15,16). The molecule has 4 nitrogen and oxygen atoms in total. The molecular weight excluding hydrogens is 212 g/mol. The van der Waals surface area contributed by atoms with Gasteiger partial charge in [-0.3, -0.25) is 0 Å². The minimum atomic E-state index is 0.561. The molecule has 2 N–H and O–H groups in total. The van der Waals surface area contributed by atoms with Crippen molar-refractivity contribution in [3.63, 3.8) is 0 Å². The summed E-state index contributed by atoms with van der Waals surface area (Å²) >= 11 is 0. The van der Waals surface area contributed by atoms with Crippen molar-refractivity contribution in [2.45, 2.75) is 25.8 Å². The molecule has 0 radical (unpaired) electrons. The largest absolute Gasteiger partial charge is 0.381 e. The number of piperidine rings is 1. The summed E-state index contributed by atoms with van der Waals surface area (Å²) in [7, 11) is 2.18. The van der Waals surface area contributed by atoms with E-state index in [4.69, 9.17) is 0 Å². The van der Waals surface area contributed by atoms with Gasteiger partial charge in [0, 0.05) is 37.1 Å². The van der Waals surface area contributed by atoms with E-state index in [0.717, 1.165) is 24.6 Å². The normalized spacial score (nSPS) is 21.2. The van der Waals surface area contributed by atoms with Gasteiger partial charge in [0.15, 0.2) is 0 Å². The van der Waals surface area contributed by atoms with E-state index in [2.05, 4.69) is 40.6 Å². The smallest absolute Gasteiger partial charge is 0.127 e. The number of nitrogens with one attached hydrogen (secondary N) is 2. The zero-order valence-electron chi connectivity index (χ0n) is 10.7. The lowest BCUT2D eigenvalue weighted by Crippen LogP contribution is -2.39. The molecule has 1 aliphatic heterocycles. The first kappa shape index (κ1) is 12.2. The first-order chi connectivity index (χ1) is 8.28. The van der Waals surface area contributed by atoms with Crippen LogP contribution in [-0.2, 0) is 0 Å². The minimum absolute atomic E-state index is 0.561. The average molecular weight is 234 g/mol. The summed E-state index contributed by atoms with van der Waals surface area (Å²) in [4.78, 5) is 6.66. The summed E-state index contributed by atoms with van der Waals surface area (Å²) in [5.74, 6) is 0.946. The zero-order chi connectivity index (χ0) is 12.1. The highest BCUT2D eigenvalue weighted by atomic mass is 15.1. The molecule has 0 bridgehead atoms. The van der Waals surface area contributed by atoms with Crippen LogP contribution in [0.3, 0.4) is 0 Å². The van der Waals surface area contributed by atoms with Crippen molar-refractivity contribution < 1.29 is 0 Å². The summed E-state index contributed by atoms with van der Waals surface area (Å²) in [6, 6.07) is 4.68. The third-order valence-corrected chi connectivity index (χ3v) is 3.11. The molecule has 1 aliphatic rings. The number of anilines is 2. The molecule has 2 rings (SSSR count). The molecule has 4 heteroatoms. The Morgan fingerprint density at radius 2 is 2.41 bits per heavy atom. The van der Waals surface area contributed by atoms with Crippen LogP contribution in [0.1, 0.15) is 19.8 Å². The highest BCUT2D eigenvalue weighted by molar-refractivity contribution is 5.52. The molecule has 1 saturated heterocycles. The highest BCUT2D eigenvalue weighted by Gasteiger charge is 2.16. The first-order valence-electron chi connectivity index (χ1n) is 6.43. The maximum atomic E-state index is 4.28. The van der Waals surface area contributed by atoms with E-state index in [1.54, 1.807) is 0 Å². The molecule has 0 amide bonds. The van der Waals surface area contributed by atoms with E-state index in [0.29, 0.717) is 6.04 Å². The van der Waals surface area contributed by atoms with Crippen LogP contribution in [0.4, 0.5) is 11.5 Å². The second kappa shape index (κ2) is 5.87. The maximum absolute atomic E-state index is 4.28. The van der Waals surface area contributed by atoms with E-state index < -0.39 is 0 Å². The van der Waals surface area contributed by atoms with Gasteiger partial charge in [-0.05, 0) is 39.4 Å². The van der Waals surface area contributed by atoms with Crippen molar-refractivity contribution in [3.05, 3.63) is 18.3 Å². The summed E-state index contributed by atoms with van der Waals surface area (Å²) in [6.45, 7) is 5.33. The monoisotopic (exact) mass is 234 g/mol. The molecule has 0 saturated carbocycles. The number of likely N-dealkylation sites (N-methyl/N-ethyl adjacent to an activating group) is 1. The second-order valence-corrected chi connectivity index (χ2v) is 4.71. The predicted molar refractivity (Wildman–Crippen MR) is 72.5 cm³/mol. The Bertz CT molecular complexity index is 353. The Kier molecular flexibility index (Phi) is 4.20. The molecule has 0 aliphatic carbocycles. The van der Waals surface area contributed by atoms with Crippen LogP contribution in [0.5, 0.6) is 0 Å². The first-order valence-corrected chi connectivity index (χ1v) is 6.43. The summed E-state index contributed by atoms with van der Waals surface area (Å²) in [6.07, 6.45) is 4.38. The SMILES string of the molecule is CCNc1cc(NC2CCCN(C)C2)ccn1. The van der Waals surface area contributed by atoms with Gasteiger partial charge in [0.25, 0.3) is 0 Å². The fourth-order valence-electron chi connectivity index (χ4n) is 2.32. The van der Waals surface area contributed by atoms with Crippen molar-refractivity contribution in [1.82, 2.24) is 9.88 Å². The number of nitrogens with zero attached hydrogens (tertiary/aromatic N) is 2. The Morgan fingerprint density at radius 1 is 1.53 bits per heavy atom. The third-order valence-electron chi connectivity index (χ3n) is 3.11. The number of pyridine rings is 1. The Morgan fingerprint density at radius 3 is 3.18 bits per heavy atom. The van der Waals surface area contributed by atoms with Gasteiger partial charge < -0.3 is 15.5 Å². The van der Waals surface area contributed by atoms with Gasteiger partial charge in [-0.25, -0.2) is 4.98 Å². The topological polar surface area (TPSA) is 40.2 Å². The van der Waals surface area contributed by atoms with Gasteiger partial charge in [0.1, 0.15) is 5.82 Å². The van der Waals surface area contributed by atoms with Gasteiger partial charge >= 0.3 is 0 Å². The summed E-state index contributed by atoms with van der Waals surface area (Å²) in [5.41, 5.74) is 1.16. The quantitative estimate of drug-likeness (QED) is 0.836. The van der Waals surface area contributed by atoms with Crippen LogP contribution in [-0.4, -0.2) is 42.6 Å². The molecule has 2 heterocycles. The highest BCUT2D eigenvalue weighted by Crippen LogP contribution is 2.17. The summed E-state index contributed by atoms with van der Waals surface area (Å²) in [5, 5.41) is 6.82. The molecular formula is C13H22N4. The van der Waals surface area contributed by atoms with Crippen molar-refractivity contribution in [3.8, 4) is 0 Å². The van der Waals surface area contributed by atoms with Crippen LogP contribution in [0, 0.1) is 0 Å². The van der Waals surface area contributed by atoms with Gasteiger partial charge in [-0.1, -0.05) is 0 Å². The van der Waals surface area contributed by atoms with Gasteiger partial charge in [-0.2, -0.15) is 0 Å². The van der Waals surface area contributed by atoms with Gasteiger partial charge in [0.05, 0.1) is 0 Å². The van der Waals surface area contributed by atoms with Gasteiger partial charge in [0.2, 0.25) is 0 Å². The molecule has 94 valence electrons. The average Bonchev–Trinajstić information content (AvgIpc) is 2.30. The molecule has 1 aromatic heterocycles. The van der Waals surface area contributed by atoms with E-state index in [1.807, 2.05) is 12.3 Å². The second-order valence-electron chi connectivity index (χ2n) is 4.71. The Hall–Kier alpha value is -1.29. The Balaban J connectivity index is 1.95. The molecule has 0 aromatic carbocycles. The van der Waals surface area contributed by atoms with Crippen molar-refractivity contribution in [1.29, 1.82) is 0 Å². The molecule has 1 atom stereocenters. The number of hydrogen-bond donors (Lipinski definition) is 2. The van der Waals surface area contributed by atoms with Crippen LogP contribution in [0.25, 0.3) is 0 Å². The number of hydrogen-bond acceptors (Lipinski definition) is 4. The number of rotatable bonds is 4. The fourth-order valence-corrected chi connectivity index (χ4v) is 2.32. The molecule has 1 unspecified atom stereocenters. The van der Waals surface area contributed by atoms with Crippen LogP contribution >= 0.6 is 0 Å². The van der Waals surface area contributed by atoms with E-state index in [1.165, 1.54) is 19.4 Å². The van der Waals surface area contributed by atoms with E-state index >= 15 is 0 Å². The zero-order valence-corrected chi connectivity index (χ0v) is 10.7. The summed E-state index contributed by atoms with van der Waals surface area (Å²) < 4.78 is 0. The van der Waals surface area contributed by atoms with E-state index in [-0.39, 0.29) is 0 Å². The molecule has 1 fully saturated rings. The van der Waals surface area contributed by atoms with Crippen LogP contribution < -0.4 is 10.6 Å². The van der Waals surface area contributed by atoms with Crippen LogP contribution in [0.15, 0.2) is 18.3 Å². The lowest BCUT2D eigenvalue weighted by Gasteiger charge is -2.30. The third kappa shape index (κ3) is 3.60. The predicted octanol–water partition coefficient (Wildman–Crippen LogP) is 2.02. The lowest BCUT2D eigenvalue weighted by molar-refractivity contribution is 0.261. The lowest BCUT2D eigenvalue weighted by atomic mass is 10.1. The molecule has 1 aromatic rings. The minimum Gasteiger partial charge on any atom is -0.381 e. The number of aromatic nitrogens is 1. The van der Waals surface area contributed by atoms with E-state index in [9.17, 15) is 0 Å². The van der Waals surface area contributed by atoms with Crippen LogP contribution in [0.2, 0.25) is 0 Å². The van der Waals surface area contributed by atoms with Crippen molar-refractivity contribution in [2.75, 3.05) is 37.3 Å². The fraction of sp³-hybridized carbons (Fsp3) is 0.615. The van der Waals surface area contributed by atoms with Gasteiger partial charge in [-0.15, -0.1) is 0 Å².